The topological polar surface area (TPSA) is 80.9 Å². The van der Waals surface area contributed by atoms with Crippen LogP contribution in [0.25, 0.3) is 5.69 Å². The van der Waals surface area contributed by atoms with Crippen molar-refractivity contribution in [3.05, 3.63) is 35.9 Å². The minimum Gasteiger partial charge on any atom is -0.475 e. The summed E-state index contributed by atoms with van der Waals surface area (Å²) in [5.74, 6) is -1.55. The first-order valence-electron chi connectivity index (χ1n) is 5.42. The van der Waals surface area contributed by atoms with Crippen LogP contribution in [0.5, 0.6) is 0 Å². The molecule has 2 heterocycles. The SMILES string of the molecule is CCCc1nc(C(=O)O)nn1-c1cncc(F)c1. The van der Waals surface area contributed by atoms with E-state index in [1.807, 2.05) is 6.92 Å². The Morgan fingerprint density at radius 3 is 2.89 bits per heavy atom. The Kier molecular flexibility index (Phi) is 3.31. The number of pyridine rings is 1. The number of carboxylic acids is 1. The summed E-state index contributed by atoms with van der Waals surface area (Å²) in [5.41, 5.74) is 0.360. The van der Waals surface area contributed by atoms with Crippen molar-refractivity contribution in [2.24, 2.45) is 0 Å². The van der Waals surface area contributed by atoms with E-state index in [4.69, 9.17) is 5.11 Å². The molecule has 0 amide bonds. The van der Waals surface area contributed by atoms with Gasteiger partial charge >= 0.3 is 5.97 Å². The molecule has 0 fully saturated rings. The number of aromatic nitrogens is 4. The third-order valence-corrected chi connectivity index (χ3v) is 2.27. The first kappa shape index (κ1) is 12.2. The van der Waals surface area contributed by atoms with E-state index in [2.05, 4.69) is 15.1 Å². The zero-order valence-corrected chi connectivity index (χ0v) is 9.67. The largest absolute Gasteiger partial charge is 0.475 e. The normalized spacial score (nSPS) is 10.6. The number of carboxylic acid groups (broad SMARTS) is 1. The van der Waals surface area contributed by atoms with Gasteiger partial charge < -0.3 is 5.11 Å². The Labute approximate surface area is 102 Å². The van der Waals surface area contributed by atoms with Gasteiger partial charge in [0, 0.05) is 12.5 Å². The molecule has 18 heavy (non-hydrogen) atoms. The molecular weight excluding hydrogens is 239 g/mol. The van der Waals surface area contributed by atoms with Crippen LogP contribution in [-0.4, -0.2) is 30.8 Å². The molecule has 0 atom stereocenters. The number of nitrogens with zero attached hydrogens (tertiary/aromatic N) is 4. The van der Waals surface area contributed by atoms with Gasteiger partial charge in [-0.15, -0.1) is 5.10 Å². The summed E-state index contributed by atoms with van der Waals surface area (Å²) in [7, 11) is 0. The molecule has 0 spiro atoms. The number of aryl methyl sites for hydroxylation is 1. The first-order valence-corrected chi connectivity index (χ1v) is 5.42. The van der Waals surface area contributed by atoms with Gasteiger partial charge in [0.05, 0.1) is 18.1 Å². The number of carbonyl (C=O) groups is 1. The molecule has 0 saturated carbocycles. The number of halogens is 1. The lowest BCUT2D eigenvalue weighted by Crippen LogP contribution is -2.04. The highest BCUT2D eigenvalue weighted by atomic mass is 19.1. The van der Waals surface area contributed by atoms with Gasteiger partial charge in [-0.25, -0.2) is 18.9 Å². The predicted octanol–water partition coefficient (Wildman–Crippen LogP) is 1.45. The van der Waals surface area contributed by atoms with Gasteiger partial charge in [0.25, 0.3) is 5.82 Å². The van der Waals surface area contributed by atoms with E-state index in [1.165, 1.54) is 16.9 Å². The van der Waals surface area contributed by atoms with Gasteiger partial charge in [-0.05, 0) is 6.42 Å². The molecule has 0 aliphatic rings. The Hall–Kier alpha value is -2.31. The Balaban J connectivity index is 2.51. The molecule has 1 N–H and O–H groups in total. The van der Waals surface area contributed by atoms with Crippen LogP contribution in [0.2, 0.25) is 0 Å². The van der Waals surface area contributed by atoms with Gasteiger partial charge in [0.15, 0.2) is 0 Å². The van der Waals surface area contributed by atoms with Crippen LogP contribution >= 0.6 is 0 Å². The fourth-order valence-corrected chi connectivity index (χ4v) is 1.54. The second-order valence-corrected chi connectivity index (χ2v) is 3.68. The highest BCUT2D eigenvalue weighted by molar-refractivity contribution is 5.83. The molecule has 7 heteroatoms. The minimum atomic E-state index is -1.21. The van der Waals surface area contributed by atoms with E-state index in [0.717, 1.165) is 12.6 Å². The fourth-order valence-electron chi connectivity index (χ4n) is 1.54. The van der Waals surface area contributed by atoms with E-state index >= 15 is 0 Å². The van der Waals surface area contributed by atoms with Crippen molar-refractivity contribution in [2.45, 2.75) is 19.8 Å². The van der Waals surface area contributed by atoms with Gasteiger partial charge in [-0.3, -0.25) is 4.98 Å². The van der Waals surface area contributed by atoms with Crippen molar-refractivity contribution in [2.75, 3.05) is 0 Å². The average Bonchev–Trinajstić information content (AvgIpc) is 2.74. The van der Waals surface area contributed by atoms with E-state index in [0.29, 0.717) is 17.9 Å². The summed E-state index contributed by atoms with van der Waals surface area (Å²) in [6, 6.07) is 1.23. The molecule has 0 unspecified atom stereocenters. The van der Waals surface area contributed by atoms with E-state index in [-0.39, 0.29) is 5.82 Å². The lowest BCUT2D eigenvalue weighted by molar-refractivity contribution is 0.0683. The van der Waals surface area contributed by atoms with Crippen LogP contribution in [0.15, 0.2) is 18.5 Å². The maximum Gasteiger partial charge on any atom is 0.375 e. The summed E-state index contributed by atoms with van der Waals surface area (Å²) >= 11 is 0. The second kappa shape index (κ2) is 4.91. The predicted molar refractivity (Wildman–Crippen MR) is 60.1 cm³/mol. The zero-order valence-electron chi connectivity index (χ0n) is 9.67. The van der Waals surface area contributed by atoms with Crippen LogP contribution in [0, 0.1) is 5.82 Å². The molecule has 2 aromatic rings. The van der Waals surface area contributed by atoms with Crippen molar-refractivity contribution in [1.82, 2.24) is 19.7 Å². The van der Waals surface area contributed by atoms with E-state index < -0.39 is 11.8 Å². The Morgan fingerprint density at radius 2 is 2.28 bits per heavy atom. The molecular formula is C11H11FN4O2. The summed E-state index contributed by atoms with van der Waals surface area (Å²) in [6.07, 6.45) is 3.80. The molecule has 0 aliphatic carbocycles. The van der Waals surface area contributed by atoms with Gasteiger partial charge in [0.2, 0.25) is 0 Å². The van der Waals surface area contributed by atoms with E-state index in [9.17, 15) is 9.18 Å². The van der Waals surface area contributed by atoms with Gasteiger partial charge in [-0.2, -0.15) is 0 Å². The molecule has 2 rings (SSSR count). The monoisotopic (exact) mass is 250 g/mol. The smallest absolute Gasteiger partial charge is 0.375 e. The van der Waals surface area contributed by atoms with Crippen molar-refractivity contribution < 1.29 is 14.3 Å². The van der Waals surface area contributed by atoms with Crippen LogP contribution in [-0.2, 0) is 6.42 Å². The first-order chi connectivity index (χ1) is 8.61. The molecule has 0 aliphatic heterocycles. The van der Waals surface area contributed by atoms with Gasteiger partial charge in [-0.1, -0.05) is 6.92 Å². The molecule has 0 saturated heterocycles. The molecule has 2 aromatic heterocycles. The van der Waals surface area contributed by atoms with Crippen molar-refractivity contribution >= 4 is 5.97 Å². The highest BCUT2D eigenvalue weighted by Gasteiger charge is 2.16. The quantitative estimate of drug-likeness (QED) is 0.888. The maximum absolute atomic E-state index is 13.1. The van der Waals surface area contributed by atoms with Crippen LogP contribution in [0.3, 0.4) is 0 Å². The van der Waals surface area contributed by atoms with Crippen molar-refractivity contribution in [3.8, 4) is 5.69 Å². The standard InChI is InChI=1S/C11H11FN4O2/c1-2-3-9-14-10(11(17)18)15-16(9)8-4-7(12)5-13-6-8/h4-6H,2-3H2,1H3,(H,17,18). The minimum absolute atomic E-state index is 0.303. The average molecular weight is 250 g/mol. The maximum atomic E-state index is 13.1. The summed E-state index contributed by atoms with van der Waals surface area (Å²) in [6.45, 7) is 1.93. The summed E-state index contributed by atoms with van der Waals surface area (Å²) in [5, 5.41) is 12.7. The Bertz CT molecular complexity index is 582. The number of aromatic carboxylic acids is 1. The molecule has 6 nitrogen and oxygen atoms in total. The van der Waals surface area contributed by atoms with Crippen molar-refractivity contribution in [1.29, 1.82) is 0 Å². The van der Waals surface area contributed by atoms with Crippen LogP contribution < -0.4 is 0 Å². The summed E-state index contributed by atoms with van der Waals surface area (Å²) in [4.78, 5) is 18.5. The van der Waals surface area contributed by atoms with Gasteiger partial charge in [0.1, 0.15) is 11.6 Å². The lowest BCUT2D eigenvalue weighted by Gasteiger charge is -2.03. The number of hydrogen-bond acceptors (Lipinski definition) is 4. The molecule has 0 radical (unpaired) electrons. The lowest BCUT2D eigenvalue weighted by atomic mass is 10.3. The summed E-state index contributed by atoms with van der Waals surface area (Å²) < 4.78 is 14.4. The number of rotatable bonds is 4. The van der Waals surface area contributed by atoms with Crippen LogP contribution in [0.4, 0.5) is 4.39 Å². The highest BCUT2D eigenvalue weighted by Crippen LogP contribution is 2.11. The third-order valence-electron chi connectivity index (χ3n) is 2.27. The fraction of sp³-hybridized carbons (Fsp3) is 0.273. The van der Waals surface area contributed by atoms with Crippen LogP contribution in [0.1, 0.15) is 29.8 Å². The Morgan fingerprint density at radius 1 is 1.50 bits per heavy atom. The third kappa shape index (κ3) is 2.34. The number of hydrogen-bond donors (Lipinski definition) is 1. The molecule has 0 bridgehead atoms. The zero-order chi connectivity index (χ0) is 13.1. The van der Waals surface area contributed by atoms with Crippen molar-refractivity contribution in [3.63, 3.8) is 0 Å². The molecule has 94 valence electrons. The van der Waals surface area contributed by atoms with E-state index in [1.54, 1.807) is 0 Å². The molecule has 0 aromatic carbocycles. The second-order valence-electron chi connectivity index (χ2n) is 3.68.